The topological polar surface area (TPSA) is 53.6 Å². The molecule has 1 aliphatic carbocycles. The molecule has 1 aliphatic heterocycles. The Labute approximate surface area is 132 Å². The van der Waals surface area contributed by atoms with Crippen LogP contribution in [-0.2, 0) is 9.53 Å². The first-order valence-corrected chi connectivity index (χ1v) is 8.18. The van der Waals surface area contributed by atoms with Gasteiger partial charge in [0, 0.05) is 30.5 Å². The fourth-order valence-electron chi connectivity index (χ4n) is 3.15. The van der Waals surface area contributed by atoms with Crippen LogP contribution in [0.2, 0.25) is 0 Å². The molecule has 3 rings (SSSR count). The fourth-order valence-corrected chi connectivity index (χ4v) is 3.15. The van der Waals surface area contributed by atoms with E-state index in [0.717, 1.165) is 17.9 Å². The molecule has 0 aromatic heterocycles. The van der Waals surface area contributed by atoms with E-state index in [1.54, 1.807) is 0 Å². The highest BCUT2D eigenvalue weighted by molar-refractivity contribution is 5.94. The highest BCUT2D eigenvalue weighted by atomic mass is 16.5. The molecule has 120 valence electrons. The third kappa shape index (κ3) is 3.99. The van der Waals surface area contributed by atoms with E-state index >= 15 is 0 Å². The second-order valence-corrected chi connectivity index (χ2v) is 6.32. The van der Waals surface area contributed by atoms with E-state index in [1.165, 1.54) is 25.7 Å². The van der Waals surface area contributed by atoms with Crippen LogP contribution in [-0.4, -0.2) is 49.7 Å². The van der Waals surface area contributed by atoms with Crippen molar-refractivity contribution in [3.8, 4) is 0 Å². The molecule has 0 spiro atoms. The van der Waals surface area contributed by atoms with Gasteiger partial charge in [0.2, 0.25) is 0 Å². The van der Waals surface area contributed by atoms with Crippen molar-refractivity contribution < 1.29 is 9.53 Å². The zero-order valence-corrected chi connectivity index (χ0v) is 13.2. The average Bonchev–Trinajstić information content (AvgIpc) is 3.00. The number of carbonyl (C=O) groups excluding carboxylic acids is 1. The summed E-state index contributed by atoms with van der Waals surface area (Å²) in [6.45, 7) is 2.13. The fraction of sp³-hybridized carbons (Fsp3) is 0.588. The van der Waals surface area contributed by atoms with Gasteiger partial charge in [0.1, 0.15) is 6.10 Å². The van der Waals surface area contributed by atoms with E-state index in [-0.39, 0.29) is 12.0 Å². The van der Waals surface area contributed by atoms with Crippen LogP contribution in [0.25, 0.3) is 0 Å². The lowest BCUT2D eigenvalue weighted by Crippen LogP contribution is -2.46. The number of morpholine rings is 1. The van der Waals surface area contributed by atoms with Gasteiger partial charge < -0.3 is 20.3 Å². The molecule has 0 unspecified atom stereocenters. The number of carbonyl (C=O) groups is 1. The SMILES string of the molecule is CN1CCO[C@@H](C(=O)Nc2cccc(NC3CCCC3)c2)C1. The molecule has 1 saturated carbocycles. The molecule has 2 N–H and O–H groups in total. The Morgan fingerprint density at radius 2 is 2.05 bits per heavy atom. The van der Waals surface area contributed by atoms with Crippen LogP contribution in [0.5, 0.6) is 0 Å². The number of rotatable bonds is 4. The molecule has 2 fully saturated rings. The van der Waals surface area contributed by atoms with E-state index in [0.29, 0.717) is 19.2 Å². The van der Waals surface area contributed by atoms with E-state index < -0.39 is 0 Å². The minimum absolute atomic E-state index is 0.0652. The lowest BCUT2D eigenvalue weighted by molar-refractivity contribution is -0.132. The smallest absolute Gasteiger partial charge is 0.254 e. The molecule has 1 saturated heterocycles. The lowest BCUT2D eigenvalue weighted by Gasteiger charge is -2.29. The predicted octanol–water partition coefficient (Wildman–Crippen LogP) is 2.31. The molecule has 1 aromatic carbocycles. The number of amides is 1. The number of ether oxygens (including phenoxy) is 1. The Kier molecular flexibility index (Phi) is 4.95. The number of hydrogen-bond acceptors (Lipinski definition) is 4. The number of anilines is 2. The van der Waals surface area contributed by atoms with Crippen molar-refractivity contribution in [2.75, 3.05) is 37.4 Å². The Hall–Kier alpha value is -1.59. The molecule has 0 bridgehead atoms. The Morgan fingerprint density at radius 1 is 1.27 bits per heavy atom. The van der Waals surface area contributed by atoms with E-state index in [9.17, 15) is 4.79 Å². The summed E-state index contributed by atoms with van der Waals surface area (Å²) in [6.07, 6.45) is 4.70. The van der Waals surface area contributed by atoms with Gasteiger partial charge in [0.05, 0.1) is 6.61 Å². The molecular formula is C17H25N3O2. The molecule has 1 aromatic rings. The highest BCUT2D eigenvalue weighted by Crippen LogP contribution is 2.24. The molecule has 1 atom stereocenters. The number of nitrogens with zero attached hydrogens (tertiary/aromatic N) is 1. The summed E-state index contributed by atoms with van der Waals surface area (Å²) >= 11 is 0. The maximum absolute atomic E-state index is 12.3. The van der Waals surface area contributed by atoms with Crippen molar-refractivity contribution in [3.63, 3.8) is 0 Å². The van der Waals surface area contributed by atoms with Crippen molar-refractivity contribution in [1.82, 2.24) is 4.90 Å². The first-order chi connectivity index (χ1) is 10.7. The minimum Gasteiger partial charge on any atom is -0.382 e. The number of hydrogen-bond donors (Lipinski definition) is 2. The molecule has 5 nitrogen and oxygen atoms in total. The van der Waals surface area contributed by atoms with Gasteiger partial charge in [-0.1, -0.05) is 18.9 Å². The monoisotopic (exact) mass is 303 g/mol. The largest absolute Gasteiger partial charge is 0.382 e. The third-order valence-corrected chi connectivity index (χ3v) is 4.42. The standard InChI is InChI=1S/C17H25N3O2/c1-20-9-10-22-16(12-20)17(21)19-15-8-4-7-14(11-15)18-13-5-2-3-6-13/h4,7-8,11,13,16,18H,2-3,5-6,9-10,12H2,1H3,(H,19,21)/t16-/m1/s1. The van der Waals surface area contributed by atoms with Crippen LogP contribution < -0.4 is 10.6 Å². The lowest BCUT2D eigenvalue weighted by atomic mass is 10.2. The average molecular weight is 303 g/mol. The predicted molar refractivity (Wildman–Crippen MR) is 88.2 cm³/mol. The highest BCUT2D eigenvalue weighted by Gasteiger charge is 2.24. The summed E-state index contributed by atoms with van der Waals surface area (Å²) < 4.78 is 5.55. The van der Waals surface area contributed by atoms with Crippen LogP contribution in [0.3, 0.4) is 0 Å². The van der Waals surface area contributed by atoms with E-state index in [4.69, 9.17) is 4.74 Å². The zero-order chi connectivity index (χ0) is 15.4. The van der Waals surface area contributed by atoms with E-state index in [1.807, 2.05) is 25.2 Å². The van der Waals surface area contributed by atoms with Gasteiger partial charge in [-0.2, -0.15) is 0 Å². The van der Waals surface area contributed by atoms with Crippen LogP contribution in [0.15, 0.2) is 24.3 Å². The first kappa shape index (κ1) is 15.3. The maximum Gasteiger partial charge on any atom is 0.254 e. The second-order valence-electron chi connectivity index (χ2n) is 6.32. The van der Waals surface area contributed by atoms with Crippen molar-refractivity contribution in [3.05, 3.63) is 24.3 Å². The van der Waals surface area contributed by atoms with Crippen molar-refractivity contribution >= 4 is 17.3 Å². The Balaban J connectivity index is 1.58. The zero-order valence-electron chi connectivity index (χ0n) is 13.2. The van der Waals surface area contributed by atoms with Crippen molar-refractivity contribution in [1.29, 1.82) is 0 Å². The summed E-state index contributed by atoms with van der Waals surface area (Å²) in [7, 11) is 2.01. The van der Waals surface area contributed by atoms with Crippen LogP contribution in [0.1, 0.15) is 25.7 Å². The van der Waals surface area contributed by atoms with Gasteiger partial charge in [-0.3, -0.25) is 4.79 Å². The van der Waals surface area contributed by atoms with Crippen molar-refractivity contribution in [2.24, 2.45) is 0 Å². The molecule has 1 heterocycles. The van der Waals surface area contributed by atoms with Gasteiger partial charge in [0.15, 0.2) is 0 Å². The first-order valence-electron chi connectivity index (χ1n) is 8.18. The molecule has 1 amide bonds. The summed E-state index contributed by atoms with van der Waals surface area (Å²) in [5.41, 5.74) is 1.90. The number of likely N-dealkylation sites (N-methyl/N-ethyl adjacent to an activating group) is 1. The van der Waals surface area contributed by atoms with Gasteiger partial charge in [-0.15, -0.1) is 0 Å². The van der Waals surface area contributed by atoms with Gasteiger partial charge in [-0.05, 0) is 38.1 Å². The Morgan fingerprint density at radius 3 is 2.82 bits per heavy atom. The molecule has 0 radical (unpaired) electrons. The molecule has 5 heteroatoms. The normalized spacial score (nSPS) is 23.4. The van der Waals surface area contributed by atoms with Crippen LogP contribution in [0, 0.1) is 0 Å². The molecular weight excluding hydrogens is 278 g/mol. The minimum atomic E-state index is -0.384. The van der Waals surface area contributed by atoms with Gasteiger partial charge in [-0.25, -0.2) is 0 Å². The Bertz CT molecular complexity index is 514. The third-order valence-electron chi connectivity index (χ3n) is 4.42. The van der Waals surface area contributed by atoms with Crippen molar-refractivity contribution in [2.45, 2.75) is 37.8 Å². The molecule has 22 heavy (non-hydrogen) atoms. The summed E-state index contributed by atoms with van der Waals surface area (Å²) in [5.74, 6) is -0.0652. The molecule has 2 aliphatic rings. The summed E-state index contributed by atoms with van der Waals surface area (Å²) in [6, 6.07) is 8.52. The van der Waals surface area contributed by atoms with E-state index in [2.05, 4.69) is 21.6 Å². The quantitative estimate of drug-likeness (QED) is 0.896. The van der Waals surface area contributed by atoms with Gasteiger partial charge >= 0.3 is 0 Å². The van der Waals surface area contributed by atoms with Crippen LogP contribution in [0.4, 0.5) is 11.4 Å². The summed E-state index contributed by atoms with van der Waals surface area (Å²) in [5, 5.41) is 6.52. The number of benzene rings is 1. The maximum atomic E-state index is 12.3. The second kappa shape index (κ2) is 7.11. The number of nitrogens with one attached hydrogen (secondary N) is 2. The van der Waals surface area contributed by atoms with Crippen LogP contribution >= 0.6 is 0 Å². The summed E-state index contributed by atoms with van der Waals surface area (Å²) in [4.78, 5) is 14.4. The van der Waals surface area contributed by atoms with Gasteiger partial charge in [0.25, 0.3) is 5.91 Å².